The number of phenolic OH excluding ortho intramolecular Hbond substituents is 1. The van der Waals surface area contributed by atoms with Crippen molar-refractivity contribution in [3.8, 4) is 5.75 Å². The maximum atomic E-state index is 13.9. The molecule has 6 atom stereocenters. The van der Waals surface area contributed by atoms with E-state index in [9.17, 15) is 48.6 Å². The van der Waals surface area contributed by atoms with Crippen molar-refractivity contribution in [3.05, 3.63) is 65.7 Å². The summed E-state index contributed by atoms with van der Waals surface area (Å²) in [6.45, 7) is 8.88. The van der Waals surface area contributed by atoms with Gasteiger partial charge in [0, 0.05) is 6.42 Å². The molecule has 2 rings (SSSR count). The van der Waals surface area contributed by atoms with Gasteiger partial charge in [-0.15, -0.1) is 0 Å². The van der Waals surface area contributed by atoms with Gasteiger partial charge in [0.05, 0.1) is 19.1 Å². The highest BCUT2D eigenvalue weighted by Crippen LogP contribution is 2.13. The first-order chi connectivity index (χ1) is 26.8. The number of carbonyl (C=O) groups excluding carboxylic acids is 6. The number of carbonyl (C=O) groups is 8. The summed E-state index contributed by atoms with van der Waals surface area (Å²) in [5, 5.41) is 43.4. The first-order valence-electron chi connectivity index (χ1n) is 18.5. The highest BCUT2D eigenvalue weighted by molar-refractivity contribution is 5.97. The molecule has 18 nitrogen and oxygen atoms in total. The molecular weight excluding hydrogens is 744 g/mol. The number of hydrogen-bond acceptors (Lipinski definition) is 11. The summed E-state index contributed by atoms with van der Waals surface area (Å²) in [4.78, 5) is 103. The number of nitrogens with one attached hydrogen (secondary N) is 6. The Morgan fingerprint density at radius 3 is 1.65 bits per heavy atom. The van der Waals surface area contributed by atoms with Gasteiger partial charge in [0.25, 0.3) is 0 Å². The van der Waals surface area contributed by atoms with Gasteiger partial charge in [-0.25, -0.2) is 0 Å². The molecule has 9 N–H and O–H groups in total. The summed E-state index contributed by atoms with van der Waals surface area (Å²) in [5.74, 6) is -8.72. The van der Waals surface area contributed by atoms with Crippen molar-refractivity contribution in [1.82, 2.24) is 31.9 Å². The van der Waals surface area contributed by atoms with Gasteiger partial charge in [-0.1, -0.05) is 70.2 Å². The van der Waals surface area contributed by atoms with Gasteiger partial charge < -0.3 is 46.6 Å². The number of hydrogen-bond donors (Lipinski definition) is 9. The summed E-state index contributed by atoms with van der Waals surface area (Å²) in [5.41, 5.74) is 1.27. The minimum absolute atomic E-state index is 0.0279. The van der Waals surface area contributed by atoms with Crippen LogP contribution >= 0.6 is 0 Å². The van der Waals surface area contributed by atoms with Crippen LogP contribution in [0.3, 0.4) is 0 Å². The lowest BCUT2D eigenvalue weighted by Crippen LogP contribution is -2.61. The zero-order valence-corrected chi connectivity index (χ0v) is 32.9. The second kappa shape index (κ2) is 23.1. The normalized spacial score (nSPS) is 14.2. The van der Waals surface area contributed by atoms with E-state index in [1.54, 1.807) is 77.1 Å². The fourth-order valence-electron chi connectivity index (χ4n) is 5.55. The van der Waals surface area contributed by atoms with E-state index in [4.69, 9.17) is 9.84 Å². The average Bonchev–Trinajstić information content (AvgIpc) is 3.14. The van der Waals surface area contributed by atoms with Crippen LogP contribution < -0.4 is 31.9 Å². The molecule has 0 aromatic heterocycles. The molecule has 5 amide bonds. The Kier molecular flexibility index (Phi) is 19.1. The fourth-order valence-corrected chi connectivity index (χ4v) is 5.55. The summed E-state index contributed by atoms with van der Waals surface area (Å²) in [6.07, 6.45) is -0.889. The van der Waals surface area contributed by atoms with Crippen molar-refractivity contribution in [1.29, 1.82) is 0 Å². The number of aromatic hydroxyl groups is 1. The number of phenols is 1. The van der Waals surface area contributed by atoms with Crippen LogP contribution in [0.15, 0.2) is 54.6 Å². The minimum atomic E-state index is -1.73. The molecular formula is C39H54N6O12. The Labute approximate surface area is 330 Å². The minimum Gasteiger partial charge on any atom is -0.508 e. The topological polar surface area (TPSA) is 279 Å². The molecule has 0 fully saturated rings. The second-order valence-corrected chi connectivity index (χ2v) is 14.0. The number of aliphatic carboxylic acids is 2. The van der Waals surface area contributed by atoms with Gasteiger partial charge in [0.2, 0.25) is 29.5 Å². The summed E-state index contributed by atoms with van der Waals surface area (Å²) < 4.78 is 5.20. The van der Waals surface area contributed by atoms with Gasteiger partial charge in [-0.05, 0) is 55.4 Å². The third-order valence-corrected chi connectivity index (χ3v) is 8.63. The Morgan fingerprint density at radius 1 is 0.596 bits per heavy atom. The molecule has 2 aromatic rings. The van der Waals surface area contributed by atoms with Crippen LogP contribution in [-0.2, 0) is 55.9 Å². The maximum absolute atomic E-state index is 13.9. The SMILES string of the molecule is CCOC(=O)C(Cc1ccc(O)cc1)N[C@H](C)C(=O)N[C@@H](Cc1ccccc1)C(=O)N[C@@H](CC(=O)O)C(=O)N[C@H](C(=O)N[C@H](C(=O)NCC(=O)O)C(C)C)C(C)C. The van der Waals surface area contributed by atoms with E-state index >= 15 is 0 Å². The lowest BCUT2D eigenvalue weighted by Gasteiger charge is -2.29. The summed E-state index contributed by atoms with van der Waals surface area (Å²) >= 11 is 0. The molecule has 0 saturated heterocycles. The van der Waals surface area contributed by atoms with Crippen LogP contribution in [0, 0.1) is 11.8 Å². The van der Waals surface area contributed by atoms with Crippen LogP contribution in [0.5, 0.6) is 5.75 Å². The van der Waals surface area contributed by atoms with Crippen molar-refractivity contribution in [2.75, 3.05) is 13.2 Å². The molecule has 0 heterocycles. The van der Waals surface area contributed by atoms with Crippen LogP contribution in [0.2, 0.25) is 0 Å². The number of ether oxygens (including phenoxy) is 1. The molecule has 0 aliphatic carbocycles. The third kappa shape index (κ3) is 16.3. The molecule has 57 heavy (non-hydrogen) atoms. The smallest absolute Gasteiger partial charge is 0.323 e. The van der Waals surface area contributed by atoms with E-state index in [0.717, 1.165) is 0 Å². The van der Waals surface area contributed by atoms with E-state index in [2.05, 4.69) is 31.9 Å². The molecule has 1 unspecified atom stereocenters. The Hall–Kier alpha value is -6.04. The quantitative estimate of drug-likeness (QED) is 0.0672. The van der Waals surface area contributed by atoms with Crippen molar-refractivity contribution in [3.63, 3.8) is 0 Å². The lowest BCUT2D eigenvalue weighted by atomic mass is 9.99. The van der Waals surface area contributed by atoms with Crippen LogP contribution in [-0.4, -0.2) is 112 Å². The number of rotatable bonds is 23. The first-order valence-corrected chi connectivity index (χ1v) is 18.5. The van der Waals surface area contributed by atoms with Gasteiger partial charge in [-0.2, -0.15) is 0 Å². The second-order valence-electron chi connectivity index (χ2n) is 14.0. The van der Waals surface area contributed by atoms with Crippen LogP contribution in [0.25, 0.3) is 0 Å². The maximum Gasteiger partial charge on any atom is 0.323 e. The lowest BCUT2D eigenvalue weighted by molar-refractivity contribution is -0.146. The van der Waals surface area contributed by atoms with E-state index < -0.39 is 108 Å². The number of carboxylic acids is 2. The zero-order valence-electron chi connectivity index (χ0n) is 32.9. The van der Waals surface area contributed by atoms with Crippen molar-refractivity contribution >= 4 is 47.4 Å². The molecule has 312 valence electrons. The monoisotopic (exact) mass is 798 g/mol. The Bertz CT molecular complexity index is 1700. The van der Waals surface area contributed by atoms with Gasteiger partial charge in [0.15, 0.2) is 0 Å². The van der Waals surface area contributed by atoms with Crippen molar-refractivity contribution in [2.24, 2.45) is 11.8 Å². The summed E-state index contributed by atoms with van der Waals surface area (Å²) in [6, 6.07) is 7.02. The largest absolute Gasteiger partial charge is 0.508 e. The first kappa shape index (κ1) is 47.1. The molecule has 0 aliphatic rings. The third-order valence-electron chi connectivity index (χ3n) is 8.63. The van der Waals surface area contributed by atoms with Crippen molar-refractivity contribution in [2.45, 2.75) is 97.1 Å². The van der Waals surface area contributed by atoms with E-state index in [0.29, 0.717) is 11.1 Å². The fraction of sp³-hybridized carbons (Fsp3) is 0.487. The Balaban J connectivity index is 2.31. The molecule has 0 aliphatic heterocycles. The summed E-state index contributed by atoms with van der Waals surface area (Å²) in [7, 11) is 0. The molecule has 0 spiro atoms. The zero-order chi connectivity index (χ0) is 42.8. The highest BCUT2D eigenvalue weighted by atomic mass is 16.5. The van der Waals surface area contributed by atoms with Gasteiger partial charge >= 0.3 is 17.9 Å². The number of benzene rings is 2. The average molecular weight is 799 g/mol. The van der Waals surface area contributed by atoms with Crippen LogP contribution in [0.1, 0.15) is 59.1 Å². The standard InChI is InChI=1S/C39H54N6O12/c1-7-57-39(56)29(18-25-13-15-26(46)16-14-25)41-23(6)34(51)42-27(17-24-11-9-8-10-12-24)35(52)43-28(19-30(47)48)36(53)44-33(22(4)5)38(55)45-32(21(2)3)37(54)40-20-31(49)50/h8-16,21-23,27-29,32-33,41,46H,7,17-20H2,1-6H3,(H,40,54)(H,42,51)(H,43,52)(H,44,53)(H,45,55)(H,47,48)(H,49,50)/t23-,27+,28+,29?,32+,33+/m1/s1. The molecule has 18 heteroatoms. The van der Waals surface area contributed by atoms with Gasteiger partial charge in [-0.3, -0.25) is 43.7 Å². The predicted molar refractivity (Wildman–Crippen MR) is 205 cm³/mol. The van der Waals surface area contributed by atoms with Crippen LogP contribution in [0.4, 0.5) is 0 Å². The molecule has 2 aromatic carbocycles. The van der Waals surface area contributed by atoms with E-state index in [1.165, 1.54) is 19.1 Å². The number of esters is 1. The van der Waals surface area contributed by atoms with Gasteiger partial charge in [0.1, 0.15) is 42.5 Å². The number of amides is 5. The molecule has 0 bridgehead atoms. The molecule has 0 radical (unpaired) electrons. The predicted octanol–water partition coefficient (Wildman–Crippen LogP) is 0.0139. The van der Waals surface area contributed by atoms with Crippen molar-refractivity contribution < 1.29 is 58.4 Å². The molecule has 0 saturated carbocycles. The highest BCUT2D eigenvalue weighted by Gasteiger charge is 2.35. The van der Waals surface area contributed by atoms with E-state index in [-0.39, 0.29) is 25.2 Å². The van der Waals surface area contributed by atoms with E-state index in [1.807, 2.05) is 0 Å². The Morgan fingerprint density at radius 2 is 1.11 bits per heavy atom. The number of carboxylic acid groups (broad SMARTS) is 2.